The molecular formula is C12H25NO3Si. The number of nitrogens with zero attached hydrogens (tertiary/aromatic N) is 1. The fourth-order valence-corrected chi connectivity index (χ4v) is 3.64. The molecule has 0 aromatic heterocycles. The summed E-state index contributed by atoms with van der Waals surface area (Å²) in [7, 11) is -1.48. The second-order valence-electron chi connectivity index (χ2n) is 4.08. The Morgan fingerprint density at radius 1 is 1.18 bits per heavy atom. The van der Waals surface area contributed by atoms with Crippen LogP contribution in [-0.2, 0) is 13.6 Å². The molecule has 0 rings (SSSR count). The maximum absolute atomic E-state index is 9.86. The maximum atomic E-state index is 9.86. The predicted octanol–water partition coefficient (Wildman–Crippen LogP) is 2.57. The summed E-state index contributed by atoms with van der Waals surface area (Å²) in [6.07, 6.45) is 5.93. The Balaban J connectivity index is 3.65. The molecule has 0 aromatic carbocycles. The molecule has 0 aliphatic carbocycles. The standard InChI is InChI=1S/C12H25NO3Si/c1-4-15-17(16-5-2)12(3)9-7-6-8-10-13-11-14/h12,17H,4-10H2,1-3H3. The Bertz CT molecular complexity index is 214. The first kappa shape index (κ1) is 16.5. The summed E-state index contributed by atoms with van der Waals surface area (Å²) in [5.41, 5.74) is 0.546. The molecule has 0 heterocycles. The molecule has 0 N–H and O–H groups in total. The van der Waals surface area contributed by atoms with Crippen LogP contribution in [0, 0.1) is 0 Å². The van der Waals surface area contributed by atoms with Gasteiger partial charge in [0.2, 0.25) is 6.08 Å². The molecule has 100 valence electrons. The summed E-state index contributed by atoms with van der Waals surface area (Å²) in [4.78, 5) is 13.4. The molecule has 0 saturated heterocycles. The van der Waals surface area contributed by atoms with Gasteiger partial charge in [-0.1, -0.05) is 19.8 Å². The summed E-state index contributed by atoms with van der Waals surface area (Å²) in [5.74, 6) is 0. The van der Waals surface area contributed by atoms with Crippen LogP contribution < -0.4 is 0 Å². The molecular weight excluding hydrogens is 234 g/mol. The Morgan fingerprint density at radius 2 is 1.82 bits per heavy atom. The molecule has 1 unspecified atom stereocenters. The van der Waals surface area contributed by atoms with Crippen LogP contribution in [0.1, 0.15) is 46.5 Å². The number of aliphatic imine (C=N–C) groups is 1. The summed E-state index contributed by atoms with van der Waals surface area (Å²) in [5, 5.41) is 0. The van der Waals surface area contributed by atoms with Gasteiger partial charge < -0.3 is 8.85 Å². The van der Waals surface area contributed by atoms with Crippen molar-refractivity contribution in [3.63, 3.8) is 0 Å². The molecule has 4 nitrogen and oxygen atoms in total. The van der Waals surface area contributed by atoms with Gasteiger partial charge in [-0.2, -0.15) is 0 Å². The van der Waals surface area contributed by atoms with Crippen molar-refractivity contribution in [2.45, 2.75) is 52.0 Å². The van der Waals surface area contributed by atoms with Crippen LogP contribution in [0.5, 0.6) is 0 Å². The molecule has 1 atom stereocenters. The number of hydrogen-bond donors (Lipinski definition) is 0. The van der Waals surface area contributed by atoms with Gasteiger partial charge in [0.15, 0.2) is 0 Å². The zero-order valence-electron chi connectivity index (χ0n) is 11.3. The fourth-order valence-electron chi connectivity index (χ4n) is 1.72. The zero-order chi connectivity index (χ0) is 12.9. The van der Waals surface area contributed by atoms with Crippen molar-refractivity contribution in [2.75, 3.05) is 19.8 Å². The highest BCUT2D eigenvalue weighted by Gasteiger charge is 2.20. The lowest BCUT2D eigenvalue weighted by molar-refractivity contribution is 0.203. The SMILES string of the molecule is CCO[SiH](OCC)C(C)CCCCCN=C=O. The van der Waals surface area contributed by atoms with E-state index in [1.54, 1.807) is 6.08 Å². The molecule has 0 amide bonds. The van der Waals surface area contributed by atoms with E-state index in [4.69, 9.17) is 8.85 Å². The van der Waals surface area contributed by atoms with Gasteiger partial charge in [-0.15, -0.1) is 0 Å². The topological polar surface area (TPSA) is 47.9 Å². The minimum Gasteiger partial charge on any atom is -0.397 e. The normalized spacial score (nSPS) is 12.5. The van der Waals surface area contributed by atoms with E-state index >= 15 is 0 Å². The van der Waals surface area contributed by atoms with Crippen molar-refractivity contribution in [3.05, 3.63) is 0 Å². The van der Waals surface area contributed by atoms with Gasteiger partial charge in [0, 0.05) is 13.2 Å². The minimum absolute atomic E-state index is 0.546. The van der Waals surface area contributed by atoms with E-state index in [1.807, 2.05) is 13.8 Å². The summed E-state index contributed by atoms with van der Waals surface area (Å²) < 4.78 is 11.4. The Morgan fingerprint density at radius 3 is 2.35 bits per heavy atom. The molecule has 17 heavy (non-hydrogen) atoms. The lowest BCUT2D eigenvalue weighted by Gasteiger charge is -2.21. The highest BCUT2D eigenvalue weighted by atomic mass is 28.3. The van der Waals surface area contributed by atoms with Gasteiger partial charge >= 0.3 is 9.28 Å². The van der Waals surface area contributed by atoms with Crippen LogP contribution in [0.25, 0.3) is 0 Å². The van der Waals surface area contributed by atoms with E-state index in [0.717, 1.165) is 38.9 Å². The van der Waals surface area contributed by atoms with Crippen molar-refractivity contribution >= 4 is 15.4 Å². The first-order chi connectivity index (χ1) is 8.26. The average molecular weight is 259 g/mol. The molecule has 0 radical (unpaired) electrons. The molecule has 0 spiro atoms. The molecule has 0 bridgehead atoms. The minimum atomic E-state index is -1.48. The van der Waals surface area contributed by atoms with E-state index < -0.39 is 9.28 Å². The molecule has 0 fully saturated rings. The van der Waals surface area contributed by atoms with E-state index in [1.165, 1.54) is 0 Å². The maximum Gasteiger partial charge on any atom is 0.324 e. The second kappa shape index (κ2) is 12.0. The van der Waals surface area contributed by atoms with Gasteiger partial charge in [0.05, 0.1) is 6.54 Å². The summed E-state index contributed by atoms with van der Waals surface area (Å²) >= 11 is 0. The van der Waals surface area contributed by atoms with E-state index in [9.17, 15) is 4.79 Å². The Kier molecular flexibility index (Phi) is 11.6. The van der Waals surface area contributed by atoms with Crippen LogP contribution in [0.4, 0.5) is 0 Å². The van der Waals surface area contributed by atoms with Crippen LogP contribution in [-0.4, -0.2) is 35.1 Å². The quantitative estimate of drug-likeness (QED) is 0.248. The fraction of sp³-hybridized carbons (Fsp3) is 0.917. The van der Waals surface area contributed by atoms with Gasteiger partial charge in [-0.25, -0.2) is 9.79 Å². The number of isocyanates is 1. The third-order valence-corrected chi connectivity index (χ3v) is 5.21. The van der Waals surface area contributed by atoms with Crippen molar-refractivity contribution in [2.24, 2.45) is 4.99 Å². The highest BCUT2D eigenvalue weighted by Crippen LogP contribution is 2.20. The number of hydrogen-bond acceptors (Lipinski definition) is 4. The van der Waals surface area contributed by atoms with Crippen molar-refractivity contribution in [3.8, 4) is 0 Å². The monoisotopic (exact) mass is 259 g/mol. The molecule has 0 saturated carbocycles. The van der Waals surface area contributed by atoms with Gasteiger partial charge in [-0.3, -0.25) is 0 Å². The van der Waals surface area contributed by atoms with Crippen LogP contribution >= 0.6 is 0 Å². The zero-order valence-corrected chi connectivity index (χ0v) is 12.4. The lowest BCUT2D eigenvalue weighted by atomic mass is 10.1. The van der Waals surface area contributed by atoms with Crippen LogP contribution in [0.15, 0.2) is 4.99 Å². The molecule has 0 aromatic rings. The summed E-state index contributed by atoms with van der Waals surface area (Å²) in [6.45, 7) is 8.35. The van der Waals surface area contributed by atoms with Crippen molar-refractivity contribution in [1.82, 2.24) is 0 Å². The number of carbonyl (C=O) groups excluding carboxylic acids is 1. The van der Waals surface area contributed by atoms with Crippen molar-refractivity contribution in [1.29, 1.82) is 0 Å². The number of unbranched alkanes of at least 4 members (excludes halogenated alkanes) is 2. The van der Waals surface area contributed by atoms with Gasteiger partial charge in [0.1, 0.15) is 0 Å². The van der Waals surface area contributed by atoms with Crippen molar-refractivity contribution < 1.29 is 13.6 Å². The van der Waals surface area contributed by atoms with E-state index in [-0.39, 0.29) is 0 Å². The third-order valence-electron chi connectivity index (χ3n) is 2.62. The van der Waals surface area contributed by atoms with E-state index in [2.05, 4.69) is 11.9 Å². The predicted molar refractivity (Wildman–Crippen MR) is 71.3 cm³/mol. The molecule has 5 heteroatoms. The van der Waals surface area contributed by atoms with Crippen LogP contribution in [0.3, 0.4) is 0 Å². The first-order valence-electron chi connectivity index (χ1n) is 6.53. The van der Waals surface area contributed by atoms with Crippen LogP contribution in [0.2, 0.25) is 5.54 Å². The average Bonchev–Trinajstić information content (AvgIpc) is 2.33. The van der Waals surface area contributed by atoms with Gasteiger partial charge in [0.25, 0.3) is 0 Å². The molecule has 0 aliphatic rings. The first-order valence-corrected chi connectivity index (χ1v) is 8.14. The van der Waals surface area contributed by atoms with E-state index in [0.29, 0.717) is 12.1 Å². The second-order valence-corrected chi connectivity index (χ2v) is 6.62. The third kappa shape index (κ3) is 9.24. The lowest BCUT2D eigenvalue weighted by Crippen LogP contribution is -2.27. The smallest absolute Gasteiger partial charge is 0.324 e. The Hall–Kier alpha value is -0.483. The largest absolute Gasteiger partial charge is 0.397 e. The Labute approximate surface area is 106 Å². The number of rotatable bonds is 11. The van der Waals surface area contributed by atoms with Gasteiger partial charge in [-0.05, 0) is 32.2 Å². The highest BCUT2D eigenvalue weighted by molar-refractivity contribution is 6.46. The molecule has 0 aliphatic heterocycles. The summed E-state index contributed by atoms with van der Waals surface area (Å²) in [6, 6.07) is 0.